The van der Waals surface area contributed by atoms with Crippen LogP contribution in [-0.2, 0) is 0 Å². The molecule has 0 aliphatic heterocycles. The Labute approximate surface area is 111 Å². The van der Waals surface area contributed by atoms with Gasteiger partial charge in [-0.05, 0) is 11.8 Å². The van der Waals surface area contributed by atoms with E-state index in [1.807, 2.05) is 0 Å². The van der Waals surface area contributed by atoms with Crippen molar-refractivity contribution >= 4 is 0 Å². The third kappa shape index (κ3) is 9.68. The van der Waals surface area contributed by atoms with Gasteiger partial charge in [0, 0.05) is 0 Å². The van der Waals surface area contributed by atoms with Gasteiger partial charge >= 0.3 is 0 Å². The molecule has 0 bridgehead atoms. The van der Waals surface area contributed by atoms with Crippen LogP contribution < -0.4 is 0 Å². The zero-order chi connectivity index (χ0) is 12.9. The van der Waals surface area contributed by atoms with Gasteiger partial charge in [-0.3, -0.25) is 0 Å². The number of hydrogen-bond donors (Lipinski definition) is 0. The monoisotopic (exact) mass is 240 g/mol. The highest BCUT2D eigenvalue weighted by Crippen LogP contribution is 2.26. The topological polar surface area (TPSA) is 0 Å². The minimum atomic E-state index is 0.954. The molecule has 0 saturated carbocycles. The van der Waals surface area contributed by atoms with Crippen LogP contribution in [0.3, 0.4) is 0 Å². The van der Waals surface area contributed by atoms with E-state index in [0.29, 0.717) is 0 Å². The van der Waals surface area contributed by atoms with Crippen molar-refractivity contribution < 1.29 is 0 Å². The summed E-state index contributed by atoms with van der Waals surface area (Å²) in [5.74, 6) is 1.95. The number of hydrogen-bond acceptors (Lipinski definition) is 0. The van der Waals surface area contributed by atoms with E-state index in [1.165, 1.54) is 70.6 Å². The summed E-state index contributed by atoms with van der Waals surface area (Å²) in [5.41, 5.74) is 0. The van der Waals surface area contributed by atoms with Crippen molar-refractivity contribution in [1.29, 1.82) is 0 Å². The summed E-state index contributed by atoms with van der Waals surface area (Å²) in [5, 5.41) is 0. The van der Waals surface area contributed by atoms with E-state index in [1.54, 1.807) is 0 Å². The Morgan fingerprint density at radius 2 is 1.24 bits per heavy atom. The highest BCUT2D eigenvalue weighted by atomic mass is 14.2. The Kier molecular flexibility index (Phi) is 12.5. The van der Waals surface area contributed by atoms with Gasteiger partial charge in [0.25, 0.3) is 0 Å². The fraction of sp³-hybridized carbons (Fsp3) is 1.00. The van der Waals surface area contributed by atoms with Crippen LogP contribution >= 0.6 is 0 Å². The molecule has 0 aliphatic carbocycles. The van der Waals surface area contributed by atoms with Crippen molar-refractivity contribution in [3.63, 3.8) is 0 Å². The lowest BCUT2D eigenvalue weighted by atomic mass is 9.84. The van der Waals surface area contributed by atoms with Crippen molar-refractivity contribution in [2.24, 2.45) is 11.8 Å². The molecule has 0 aliphatic rings. The minimum Gasteiger partial charge on any atom is -0.0654 e. The first-order valence-electron chi connectivity index (χ1n) is 8.26. The molecule has 0 fully saturated rings. The lowest BCUT2D eigenvalue weighted by Crippen LogP contribution is -2.11. The Balaban J connectivity index is 3.52. The number of unbranched alkanes of at least 4 members (excludes halogenated alkanes) is 6. The van der Waals surface area contributed by atoms with E-state index < -0.39 is 0 Å². The van der Waals surface area contributed by atoms with Gasteiger partial charge in [-0.1, -0.05) is 98.3 Å². The van der Waals surface area contributed by atoms with Gasteiger partial charge < -0.3 is 0 Å². The molecule has 104 valence electrons. The molecule has 0 nitrogen and oxygen atoms in total. The van der Waals surface area contributed by atoms with Gasteiger partial charge in [0.05, 0.1) is 0 Å². The molecule has 2 unspecified atom stereocenters. The summed E-state index contributed by atoms with van der Waals surface area (Å²) in [7, 11) is 0. The zero-order valence-electron chi connectivity index (χ0n) is 12.9. The summed E-state index contributed by atoms with van der Waals surface area (Å²) in [6, 6.07) is 0. The molecule has 0 saturated heterocycles. The van der Waals surface area contributed by atoms with Crippen LogP contribution in [0, 0.1) is 11.8 Å². The van der Waals surface area contributed by atoms with E-state index in [-0.39, 0.29) is 0 Å². The maximum absolute atomic E-state index is 2.47. The van der Waals surface area contributed by atoms with Crippen molar-refractivity contribution in [2.45, 2.75) is 98.3 Å². The second-order valence-corrected chi connectivity index (χ2v) is 5.84. The summed E-state index contributed by atoms with van der Waals surface area (Å²) < 4.78 is 0. The van der Waals surface area contributed by atoms with Crippen LogP contribution in [0.1, 0.15) is 98.3 Å². The van der Waals surface area contributed by atoms with Gasteiger partial charge in [0.15, 0.2) is 0 Å². The minimum absolute atomic E-state index is 0.954. The highest BCUT2D eigenvalue weighted by molar-refractivity contribution is 4.65. The Hall–Kier alpha value is 0. The van der Waals surface area contributed by atoms with Gasteiger partial charge in [-0.25, -0.2) is 0 Å². The second kappa shape index (κ2) is 12.5. The van der Waals surface area contributed by atoms with E-state index in [0.717, 1.165) is 11.8 Å². The first-order valence-corrected chi connectivity index (χ1v) is 8.26. The summed E-state index contributed by atoms with van der Waals surface area (Å²) in [6.07, 6.45) is 15.8. The van der Waals surface area contributed by atoms with Gasteiger partial charge in [0.1, 0.15) is 0 Å². The van der Waals surface area contributed by atoms with Gasteiger partial charge in [-0.2, -0.15) is 0 Å². The molecular formula is C17H36. The lowest BCUT2D eigenvalue weighted by molar-refractivity contribution is 0.293. The van der Waals surface area contributed by atoms with Crippen molar-refractivity contribution in [3.8, 4) is 0 Å². The normalized spacial score (nSPS) is 14.8. The maximum atomic E-state index is 2.47. The first kappa shape index (κ1) is 17.0. The molecule has 0 amide bonds. The lowest BCUT2D eigenvalue weighted by Gasteiger charge is -2.22. The second-order valence-electron chi connectivity index (χ2n) is 5.84. The zero-order valence-corrected chi connectivity index (χ0v) is 12.9. The van der Waals surface area contributed by atoms with Crippen LogP contribution in [-0.4, -0.2) is 0 Å². The van der Waals surface area contributed by atoms with E-state index in [4.69, 9.17) is 0 Å². The van der Waals surface area contributed by atoms with Crippen LogP contribution in [0.5, 0.6) is 0 Å². The Bertz CT molecular complexity index is 139. The first-order chi connectivity index (χ1) is 8.26. The molecule has 2 atom stereocenters. The quantitative estimate of drug-likeness (QED) is 0.338. The average Bonchev–Trinajstić information content (AvgIpc) is 2.35. The molecule has 0 heteroatoms. The summed E-state index contributed by atoms with van der Waals surface area (Å²) >= 11 is 0. The SMILES string of the molecule is CCCCCCCCC(CC)C(C)CCCC. The van der Waals surface area contributed by atoms with Crippen molar-refractivity contribution in [1.82, 2.24) is 0 Å². The molecule has 0 spiro atoms. The standard InChI is InChI=1S/C17H36/c1-5-8-10-11-12-13-15-17(7-3)16(4)14-9-6-2/h16-17H,5-15H2,1-4H3. The summed E-state index contributed by atoms with van der Waals surface area (Å²) in [4.78, 5) is 0. The smallest absolute Gasteiger partial charge is 0.0391 e. The van der Waals surface area contributed by atoms with E-state index >= 15 is 0 Å². The largest absolute Gasteiger partial charge is 0.0654 e. The van der Waals surface area contributed by atoms with Gasteiger partial charge in [-0.15, -0.1) is 0 Å². The Morgan fingerprint density at radius 1 is 0.647 bits per heavy atom. The van der Waals surface area contributed by atoms with Crippen LogP contribution in [0.25, 0.3) is 0 Å². The molecule has 0 aromatic heterocycles. The maximum Gasteiger partial charge on any atom is -0.0391 e. The average molecular weight is 240 g/mol. The molecular weight excluding hydrogens is 204 g/mol. The molecule has 0 rings (SSSR count). The predicted octanol–water partition coefficient (Wildman–Crippen LogP) is 6.59. The number of rotatable bonds is 12. The summed E-state index contributed by atoms with van der Waals surface area (Å²) in [6.45, 7) is 9.45. The fourth-order valence-electron chi connectivity index (χ4n) is 2.84. The van der Waals surface area contributed by atoms with Crippen LogP contribution in [0.2, 0.25) is 0 Å². The molecule has 0 radical (unpaired) electrons. The third-order valence-corrected chi connectivity index (χ3v) is 4.27. The molecule has 0 heterocycles. The van der Waals surface area contributed by atoms with Crippen LogP contribution in [0.15, 0.2) is 0 Å². The Morgan fingerprint density at radius 3 is 1.82 bits per heavy atom. The van der Waals surface area contributed by atoms with Crippen LogP contribution in [0.4, 0.5) is 0 Å². The van der Waals surface area contributed by atoms with Crippen molar-refractivity contribution in [3.05, 3.63) is 0 Å². The fourth-order valence-corrected chi connectivity index (χ4v) is 2.84. The third-order valence-electron chi connectivity index (χ3n) is 4.27. The predicted molar refractivity (Wildman–Crippen MR) is 80.5 cm³/mol. The molecule has 0 aromatic rings. The highest BCUT2D eigenvalue weighted by Gasteiger charge is 2.14. The molecule has 17 heavy (non-hydrogen) atoms. The molecule has 0 N–H and O–H groups in total. The molecule has 0 aromatic carbocycles. The van der Waals surface area contributed by atoms with E-state index in [9.17, 15) is 0 Å². The van der Waals surface area contributed by atoms with Gasteiger partial charge in [0.2, 0.25) is 0 Å². The van der Waals surface area contributed by atoms with E-state index in [2.05, 4.69) is 27.7 Å². The van der Waals surface area contributed by atoms with Crippen molar-refractivity contribution in [2.75, 3.05) is 0 Å².